The molecule has 2 N–H and O–H groups in total. The molecule has 0 aromatic carbocycles. The first-order valence-corrected chi connectivity index (χ1v) is 6.63. The summed E-state index contributed by atoms with van der Waals surface area (Å²) in [6.07, 6.45) is 4.90. The molecule has 1 saturated heterocycles. The van der Waals surface area contributed by atoms with Crippen LogP contribution in [0.25, 0.3) is 0 Å². The minimum atomic E-state index is 0.355. The number of hydrogen-bond donors (Lipinski definition) is 1. The van der Waals surface area contributed by atoms with Crippen LogP contribution in [-0.4, -0.2) is 43.8 Å². The van der Waals surface area contributed by atoms with Gasteiger partial charge in [0.25, 0.3) is 0 Å². The summed E-state index contributed by atoms with van der Waals surface area (Å²) in [7, 11) is 2.22. The fraction of sp³-hybridized carbons (Fsp3) is 1.00. The van der Waals surface area contributed by atoms with Crippen molar-refractivity contribution >= 4 is 0 Å². The Kier molecular flexibility index (Phi) is 6.32. The largest absolute Gasteiger partial charge is 0.380 e. The van der Waals surface area contributed by atoms with Crippen LogP contribution in [0.4, 0.5) is 0 Å². The quantitative estimate of drug-likeness (QED) is 0.723. The molecule has 0 spiro atoms. The highest BCUT2D eigenvalue weighted by Gasteiger charge is 2.21. The summed E-state index contributed by atoms with van der Waals surface area (Å²) in [6, 6.07) is 1.00. The van der Waals surface area contributed by atoms with Gasteiger partial charge in [-0.05, 0) is 39.2 Å². The summed E-state index contributed by atoms with van der Waals surface area (Å²) < 4.78 is 5.41. The topological polar surface area (TPSA) is 38.5 Å². The number of likely N-dealkylation sites (N-methyl/N-ethyl adjacent to an activating group) is 1. The van der Waals surface area contributed by atoms with E-state index in [4.69, 9.17) is 10.5 Å². The Bertz CT molecular complexity index is 179. The molecule has 16 heavy (non-hydrogen) atoms. The highest BCUT2D eigenvalue weighted by molar-refractivity contribution is 4.74. The fourth-order valence-electron chi connectivity index (χ4n) is 2.39. The molecule has 3 unspecified atom stereocenters. The van der Waals surface area contributed by atoms with Crippen molar-refractivity contribution in [2.24, 2.45) is 11.7 Å². The van der Waals surface area contributed by atoms with Crippen molar-refractivity contribution in [2.45, 2.75) is 51.6 Å². The number of hydrogen-bond acceptors (Lipinski definition) is 3. The van der Waals surface area contributed by atoms with E-state index < -0.39 is 0 Å². The number of rotatable bonds is 7. The van der Waals surface area contributed by atoms with Crippen LogP contribution in [0.5, 0.6) is 0 Å². The summed E-state index contributed by atoms with van der Waals surface area (Å²) in [4.78, 5) is 2.46. The van der Waals surface area contributed by atoms with Crippen LogP contribution in [-0.2, 0) is 4.74 Å². The molecule has 1 aliphatic heterocycles. The molecule has 0 aromatic rings. The van der Waals surface area contributed by atoms with Crippen molar-refractivity contribution in [2.75, 3.05) is 26.8 Å². The van der Waals surface area contributed by atoms with E-state index in [1.165, 1.54) is 25.8 Å². The molecule has 1 aliphatic rings. The van der Waals surface area contributed by atoms with Gasteiger partial charge in [0.15, 0.2) is 0 Å². The van der Waals surface area contributed by atoms with E-state index in [2.05, 4.69) is 25.8 Å². The molecule has 0 amide bonds. The second-order valence-corrected chi connectivity index (χ2v) is 5.47. The lowest BCUT2D eigenvalue weighted by Crippen LogP contribution is -2.35. The van der Waals surface area contributed by atoms with Gasteiger partial charge in [0.2, 0.25) is 0 Å². The molecule has 3 heteroatoms. The molecule has 0 radical (unpaired) electrons. The van der Waals surface area contributed by atoms with Gasteiger partial charge < -0.3 is 15.4 Å². The van der Waals surface area contributed by atoms with Crippen LogP contribution >= 0.6 is 0 Å². The smallest absolute Gasteiger partial charge is 0.0622 e. The Morgan fingerprint density at radius 1 is 1.38 bits per heavy atom. The second kappa shape index (κ2) is 7.25. The van der Waals surface area contributed by atoms with Gasteiger partial charge in [-0.2, -0.15) is 0 Å². The average molecular weight is 228 g/mol. The van der Waals surface area contributed by atoms with E-state index in [0.717, 1.165) is 25.6 Å². The van der Waals surface area contributed by atoms with Crippen LogP contribution in [0.15, 0.2) is 0 Å². The molecule has 0 bridgehead atoms. The lowest BCUT2D eigenvalue weighted by molar-refractivity contribution is 0.149. The van der Waals surface area contributed by atoms with Gasteiger partial charge in [0.1, 0.15) is 0 Å². The first kappa shape index (κ1) is 13.9. The Balaban J connectivity index is 2.10. The number of nitrogens with two attached hydrogens (primary N) is 1. The summed E-state index contributed by atoms with van der Waals surface area (Å²) in [6.45, 7) is 7.48. The molecule has 0 saturated carbocycles. The molecule has 1 fully saturated rings. The normalized spacial score (nSPS) is 24.9. The van der Waals surface area contributed by atoms with Crippen molar-refractivity contribution in [3.05, 3.63) is 0 Å². The van der Waals surface area contributed by atoms with E-state index in [-0.39, 0.29) is 0 Å². The molecule has 0 aliphatic carbocycles. The van der Waals surface area contributed by atoms with Crippen LogP contribution in [0.1, 0.15) is 39.5 Å². The van der Waals surface area contributed by atoms with E-state index in [0.29, 0.717) is 12.1 Å². The Hall–Kier alpha value is -0.120. The predicted molar refractivity (Wildman–Crippen MR) is 68.5 cm³/mol. The molecule has 1 heterocycles. The Morgan fingerprint density at radius 3 is 2.69 bits per heavy atom. The van der Waals surface area contributed by atoms with Crippen molar-refractivity contribution in [1.82, 2.24) is 4.90 Å². The standard InChI is InChI=1S/C13H28N2O/c1-11(5-4-6-12(2)14)9-15(3)13-7-8-16-10-13/h11-13H,4-10,14H2,1-3H3. The van der Waals surface area contributed by atoms with Crippen molar-refractivity contribution in [3.8, 4) is 0 Å². The maximum Gasteiger partial charge on any atom is 0.0622 e. The van der Waals surface area contributed by atoms with Gasteiger partial charge in [0, 0.05) is 25.2 Å². The van der Waals surface area contributed by atoms with Gasteiger partial charge in [-0.15, -0.1) is 0 Å². The van der Waals surface area contributed by atoms with Crippen molar-refractivity contribution in [1.29, 1.82) is 0 Å². The van der Waals surface area contributed by atoms with Crippen molar-refractivity contribution in [3.63, 3.8) is 0 Å². The SMILES string of the molecule is CC(N)CCCC(C)CN(C)C1CCOC1. The molecular weight excluding hydrogens is 200 g/mol. The minimum absolute atomic E-state index is 0.355. The third-order valence-electron chi connectivity index (χ3n) is 3.49. The Labute approximate surface area is 100 Å². The summed E-state index contributed by atoms with van der Waals surface area (Å²) in [5, 5.41) is 0. The van der Waals surface area contributed by atoms with E-state index >= 15 is 0 Å². The van der Waals surface area contributed by atoms with Crippen LogP contribution in [0.3, 0.4) is 0 Å². The van der Waals surface area contributed by atoms with Crippen LogP contribution in [0, 0.1) is 5.92 Å². The van der Waals surface area contributed by atoms with Crippen LogP contribution in [0.2, 0.25) is 0 Å². The van der Waals surface area contributed by atoms with E-state index in [1.54, 1.807) is 0 Å². The molecular formula is C13H28N2O. The van der Waals surface area contributed by atoms with Gasteiger partial charge in [0.05, 0.1) is 6.61 Å². The lowest BCUT2D eigenvalue weighted by Gasteiger charge is -2.26. The van der Waals surface area contributed by atoms with Gasteiger partial charge in [-0.3, -0.25) is 0 Å². The first-order valence-electron chi connectivity index (χ1n) is 6.63. The van der Waals surface area contributed by atoms with Gasteiger partial charge >= 0.3 is 0 Å². The summed E-state index contributed by atoms with van der Waals surface area (Å²) in [5.74, 6) is 0.768. The zero-order chi connectivity index (χ0) is 12.0. The van der Waals surface area contributed by atoms with Gasteiger partial charge in [-0.1, -0.05) is 13.3 Å². The highest BCUT2D eigenvalue weighted by atomic mass is 16.5. The molecule has 0 aromatic heterocycles. The average Bonchev–Trinajstić information content (AvgIpc) is 2.69. The second-order valence-electron chi connectivity index (χ2n) is 5.47. The zero-order valence-corrected chi connectivity index (χ0v) is 11.1. The van der Waals surface area contributed by atoms with E-state index in [9.17, 15) is 0 Å². The molecule has 96 valence electrons. The van der Waals surface area contributed by atoms with Crippen LogP contribution < -0.4 is 5.73 Å². The predicted octanol–water partition coefficient (Wildman–Crippen LogP) is 1.86. The highest BCUT2D eigenvalue weighted by Crippen LogP contribution is 2.15. The minimum Gasteiger partial charge on any atom is -0.380 e. The maximum atomic E-state index is 5.75. The molecule has 3 nitrogen and oxygen atoms in total. The number of ether oxygens (including phenoxy) is 1. The molecule has 3 atom stereocenters. The van der Waals surface area contributed by atoms with Gasteiger partial charge in [-0.25, -0.2) is 0 Å². The summed E-state index contributed by atoms with van der Waals surface area (Å²) >= 11 is 0. The van der Waals surface area contributed by atoms with Crippen molar-refractivity contribution < 1.29 is 4.74 Å². The Morgan fingerprint density at radius 2 is 2.12 bits per heavy atom. The zero-order valence-electron chi connectivity index (χ0n) is 11.1. The molecule has 1 rings (SSSR count). The third kappa shape index (κ3) is 5.28. The monoisotopic (exact) mass is 228 g/mol. The fourth-order valence-corrected chi connectivity index (χ4v) is 2.39. The van der Waals surface area contributed by atoms with E-state index in [1.807, 2.05) is 0 Å². The third-order valence-corrected chi connectivity index (χ3v) is 3.49. The lowest BCUT2D eigenvalue weighted by atomic mass is 10.0. The summed E-state index contributed by atoms with van der Waals surface area (Å²) in [5.41, 5.74) is 5.75. The maximum absolute atomic E-state index is 5.75. The first-order chi connectivity index (χ1) is 7.59. The number of nitrogens with zero attached hydrogens (tertiary/aromatic N) is 1.